The third-order valence-electron chi connectivity index (χ3n) is 3.86. The SMILES string of the molecule is COC(=O)/C=C1/[C@H](C(C)C)CC[C@]2(C)O[C@H]12. The van der Waals surface area contributed by atoms with Gasteiger partial charge in [0, 0.05) is 6.08 Å². The quantitative estimate of drug-likeness (QED) is 0.410. The minimum absolute atomic E-state index is 0.00869. The van der Waals surface area contributed by atoms with Crippen LogP contribution in [0.4, 0.5) is 0 Å². The normalized spacial score (nSPS) is 39.7. The van der Waals surface area contributed by atoms with Gasteiger partial charge in [0.2, 0.25) is 0 Å². The largest absolute Gasteiger partial charge is 0.466 e. The maximum Gasteiger partial charge on any atom is 0.330 e. The first-order chi connectivity index (χ1) is 7.48. The van der Waals surface area contributed by atoms with Crippen LogP contribution in [0.25, 0.3) is 0 Å². The summed E-state index contributed by atoms with van der Waals surface area (Å²) in [5.74, 6) is 0.740. The van der Waals surface area contributed by atoms with Crippen LogP contribution in [0.1, 0.15) is 33.6 Å². The molecule has 90 valence electrons. The highest BCUT2D eigenvalue weighted by Gasteiger charge is 2.58. The summed E-state index contributed by atoms with van der Waals surface area (Å²) in [5.41, 5.74) is 1.13. The number of rotatable bonds is 2. The van der Waals surface area contributed by atoms with Crippen molar-refractivity contribution in [2.45, 2.75) is 45.3 Å². The molecule has 2 rings (SSSR count). The van der Waals surface area contributed by atoms with Gasteiger partial charge in [-0.25, -0.2) is 4.79 Å². The molecule has 0 aromatic carbocycles. The van der Waals surface area contributed by atoms with Crippen molar-refractivity contribution in [1.82, 2.24) is 0 Å². The number of epoxide rings is 1. The molecule has 0 unspecified atom stereocenters. The zero-order valence-corrected chi connectivity index (χ0v) is 10.4. The third kappa shape index (κ3) is 1.88. The van der Waals surface area contributed by atoms with E-state index in [1.54, 1.807) is 6.08 Å². The summed E-state index contributed by atoms with van der Waals surface area (Å²) in [5, 5.41) is 0. The lowest BCUT2D eigenvalue weighted by Crippen LogP contribution is -2.27. The Labute approximate surface area is 96.8 Å². The second-order valence-corrected chi connectivity index (χ2v) is 5.37. The molecule has 0 radical (unpaired) electrons. The van der Waals surface area contributed by atoms with Crippen molar-refractivity contribution in [1.29, 1.82) is 0 Å². The monoisotopic (exact) mass is 224 g/mol. The van der Waals surface area contributed by atoms with Crippen molar-refractivity contribution in [2.75, 3.05) is 7.11 Å². The topological polar surface area (TPSA) is 38.8 Å². The van der Waals surface area contributed by atoms with Gasteiger partial charge in [0.05, 0.1) is 12.7 Å². The van der Waals surface area contributed by atoms with Crippen molar-refractivity contribution in [2.24, 2.45) is 11.8 Å². The zero-order chi connectivity index (χ0) is 11.9. The maximum atomic E-state index is 11.4. The highest BCUT2D eigenvalue weighted by molar-refractivity contribution is 5.83. The van der Waals surface area contributed by atoms with Gasteiger partial charge in [-0.2, -0.15) is 0 Å². The van der Waals surface area contributed by atoms with E-state index >= 15 is 0 Å². The van der Waals surface area contributed by atoms with E-state index in [0.29, 0.717) is 11.8 Å². The van der Waals surface area contributed by atoms with Crippen LogP contribution < -0.4 is 0 Å². The Morgan fingerprint density at radius 2 is 2.31 bits per heavy atom. The minimum Gasteiger partial charge on any atom is -0.466 e. The number of carbonyl (C=O) groups excluding carboxylic acids is 1. The molecule has 0 spiro atoms. The van der Waals surface area contributed by atoms with Crippen LogP contribution in [-0.2, 0) is 14.3 Å². The summed E-state index contributed by atoms with van der Waals surface area (Å²) >= 11 is 0. The predicted molar refractivity (Wildman–Crippen MR) is 60.9 cm³/mol. The molecule has 0 aromatic heterocycles. The molecule has 1 aliphatic carbocycles. The average molecular weight is 224 g/mol. The standard InChI is InChI=1S/C13H20O3/c1-8(2)9-5-6-13(3)12(16-13)10(9)7-11(14)15-4/h7-9,12H,5-6H2,1-4H3/b10-7-/t9-,12+,13-/m0/s1. The van der Waals surface area contributed by atoms with Gasteiger partial charge in [-0.15, -0.1) is 0 Å². The smallest absolute Gasteiger partial charge is 0.330 e. The Morgan fingerprint density at radius 1 is 1.62 bits per heavy atom. The fraction of sp³-hybridized carbons (Fsp3) is 0.769. The summed E-state index contributed by atoms with van der Waals surface area (Å²) in [4.78, 5) is 11.4. The van der Waals surface area contributed by atoms with E-state index in [1.165, 1.54) is 7.11 Å². The number of hydrogen-bond acceptors (Lipinski definition) is 3. The molecule has 2 fully saturated rings. The molecule has 16 heavy (non-hydrogen) atoms. The molecule has 1 saturated heterocycles. The zero-order valence-electron chi connectivity index (χ0n) is 10.4. The molecule has 0 amide bonds. The Hall–Kier alpha value is -0.830. The predicted octanol–water partition coefficient (Wildman–Crippen LogP) is 2.31. The lowest BCUT2D eigenvalue weighted by atomic mass is 9.74. The molecule has 1 heterocycles. The lowest BCUT2D eigenvalue weighted by molar-refractivity contribution is -0.134. The molecular formula is C13H20O3. The first-order valence-electron chi connectivity index (χ1n) is 5.95. The van der Waals surface area contributed by atoms with Crippen LogP contribution in [0.15, 0.2) is 11.6 Å². The van der Waals surface area contributed by atoms with Gasteiger partial charge in [0.15, 0.2) is 0 Å². The molecule has 3 nitrogen and oxygen atoms in total. The summed E-state index contributed by atoms with van der Waals surface area (Å²) in [6.07, 6.45) is 3.99. The van der Waals surface area contributed by atoms with E-state index in [1.807, 2.05) is 0 Å². The van der Waals surface area contributed by atoms with Gasteiger partial charge < -0.3 is 9.47 Å². The van der Waals surface area contributed by atoms with E-state index in [4.69, 9.17) is 9.47 Å². The van der Waals surface area contributed by atoms with E-state index < -0.39 is 0 Å². The van der Waals surface area contributed by atoms with E-state index in [2.05, 4.69) is 20.8 Å². The van der Waals surface area contributed by atoms with Gasteiger partial charge >= 0.3 is 5.97 Å². The fourth-order valence-corrected chi connectivity index (χ4v) is 2.74. The molecule has 0 aromatic rings. The van der Waals surface area contributed by atoms with E-state index in [0.717, 1.165) is 18.4 Å². The highest BCUT2D eigenvalue weighted by Crippen LogP contribution is 2.53. The summed E-state index contributed by atoms with van der Waals surface area (Å²) in [6.45, 7) is 6.51. The fourth-order valence-electron chi connectivity index (χ4n) is 2.74. The second-order valence-electron chi connectivity index (χ2n) is 5.37. The van der Waals surface area contributed by atoms with Gasteiger partial charge in [-0.1, -0.05) is 13.8 Å². The number of fused-ring (bicyclic) bond motifs is 1. The lowest BCUT2D eigenvalue weighted by Gasteiger charge is -2.28. The highest BCUT2D eigenvalue weighted by atomic mass is 16.6. The Balaban J connectivity index is 2.22. The number of ether oxygens (including phenoxy) is 2. The molecule has 1 saturated carbocycles. The molecule has 3 atom stereocenters. The summed E-state index contributed by atoms with van der Waals surface area (Å²) in [7, 11) is 1.42. The van der Waals surface area contributed by atoms with Crippen molar-refractivity contribution in [3.63, 3.8) is 0 Å². The summed E-state index contributed by atoms with van der Waals surface area (Å²) < 4.78 is 10.4. The second kappa shape index (κ2) is 3.88. The number of carbonyl (C=O) groups is 1. The number of methoxy groups -OCH3 is 1. The number of hydrogen-bond donors (Lipinski definition) is 0. The maximum absolute atomic E-state index is 11.4. The van der Waals surface area contributed by atoms with Gasteiger partial charge in [0.1, 0.15) is 6.10 Å². The van der Waals surface area contributed by atoms with Gasteiger partial charge in [0.25, 0.3) is 0 Å². The minimum atomic E-state index is -0.264. The van der Waals surface area contributed by atoms with Crippen molar-refractivity contribution < 1.29 is 14.3 Å². The number of esters is 1. The third-order valence-corrected chi connectivity index (χ3v) is 3.86. The molecule has 2 aliphatic rings. The van der Waals surface area contributed by atoms with Crippen LogP contribution in [-0.4, -0.2) is 24.8 Å². The molecule has 1 aliphatic heterocycles. The first-order valence-corrected chi connectivity index (χ1v) is 5.95. The first kappa shape index (κ1) is 11.6. The van der Waals surface area contributed by atoms with Gasteiger partial charge in [-0.05, 0) is 37.2 Å². The van der Waals surface area contributed by atoms with E-state index in [9.17, 15) is 4.79 Å². The summed E-state index contributed by atoms with van der Waals surface area (Å²) in [6, 6.07) is 0. The van der Waals surface area contributed by atoms with E-state index in [-0.39, 0.29) is 17.7 Å². The van der Waals surface area contributed by atoms with Crippen molar-refractivity contribution in [3.8, 4) is 0 Å². The van der Waals surface area contributed by atoms with Crippen LogP contribution in [0.5, 0.6) is 0 Å². The van der Waals surface area contributed by atoms with Crippen LogP contribution >= 0.6 is 0 Å². The Bertz CT molecular complexity index is 332. The van der Waals surface area contributed by atoms with Crippen LogP contribution in [0.3, 0.4) is 0 Å². The molecular weight excluding hydrogens is 204 g/mol. The van der Waals surface area contributed by atoms with Crippen molar-refractivity contribution >= 4 is 5.97 Å². The molecule has 0 N–H and O–H groups in total. The van der Waals surface area contributed by atoms with Crippen LogP contribution in [0.2, 0.25) is 0 Å². The average Bonchev–Trinajstić information content (AvgIpc) is 2.90. The Kier molecular flexibility index (Phi) is 2.82. The van der Waals surface area contributed by atoms with Crippen LogP contribution in [0, 0.1) is 11.8 Å². The molecule has 3 heteroatoms. The Morgan fingerprint density at radius 3 is 2.88 bits per heavy atom. The molecule has 0 bridgehead atoms. The van der Waals surface area contributed by atoms with Crippen molar-refractivity contribution in [3.05, 3.63) is 11.6 Å². The van der Waals surface area contributed by atoms with Gasteiger partial charge in [-0.3, -0.25) is 0 Å².